The van der Waals surface area contributed by atoms with Gasteiger partial charge in [-0.25, -0.2) is 8.42 Å². The zero-order valence-electron chi connectivity index (χ0n) is 14.6. The van der Waals surface area contributed by atoms with Crippen LogP contribution in [0.5, 0.6) is 0 Å². The van der Waals surface area contributed by atoms with Crippen LogP contribution in [0.15, 0.2) is 35.2 Å². The molecule has 0 aliphatic heterocycles. The number of thiophene rings is 1. The summed E-state index contributed by atoms with van der Waals surface area (Å²) < 4.78 is 66.9. The van der Waals surface area contributed by atoms with E-state index in [2.05, 4.69) is 14.9 Å². The number of alkyl halides is 3. The minimum Gasteiger partial charge on any atom is -0.282 e. The molecule has 3 rings (SSSR count). The van der Waals surface area contributed by atoms with E-state index in [0.717, 1.165) is 28.8 Å². The van der Waals surface area contributed by atoms with Crippen molar-refractivity contribution in [3.05, 3.63) is 51.3 Å². The van der Waals surface area contributed by atoms with Gasteiger partial charge in [0.15, 0.2) is 0 Å². The SMILES string of the molecule is Cc1cc(-c2c(C)sc(C)c2S(=O)(=O)Nc2cccc(C(F)(F)F)c2)n[nH]1. The fraction of sp³-hybridized carbons (Fsp3) is 0.235. The zero-order valence-corrected chi connectivity index (χ0v) is 16.2. The smallest absolute Gasteiger partial charge is 0.282 e. The van der Waals surface area contributed by atoms with Crippen LogP contribution in [0.3, 0.4) is 0 Å². The van der Waals surface area contributed by atoms with E-state index in [1.807, 2.05) is 0 Å². The van der Waals surface area contributed by atoms with Crippen molar-refractivity contribution in [2.24, 2.45) is 0 Å². The van der Waals surface area contributed by atoms with Crippen LogP contribution in [0.2, 0.25) is 0 Å². The first-order valence-corrected chi connectivity index (χ1v) is 10.1. The Labute approximate surface area is 158 Å². The Morgan fingerprint density at radius 3 is 2.41 bits per heavy atom. The lowest BCUT2D eigenvalue weighted by atomic mass is 10.2. The van der Waals surface area contributed by atoms with E-state index in [4.69, 9.17) is 0 Å². The number of aromatic amines is 1. The summed E-state index contributed by atoms with van der Waals surface area (Å²) in [6, 6.07) is 5.81. The molecule has 0 spiro atoms. The van der Waals surface area contributed by atoms with Crippen molar-refractivity contribution in [2.45, 2.75) is 31.8 Å². The van der Waals surface area contributed by atoms with E-state index >= 15 is 0 Å². The lowest BCUT2D eigenvalue weighted by molar-refractivity contribution is -0.137. The average Bonchev–Trinajstić information content (AvgIpc) is 3.09. The number of benzene rings is 1. The molecule has 2 heterocycles. The van der Waals surface area contributed by atoms with E-state index in [9.17, 15) is 21.6 Å². The van der Waals surface area contributed by atoms with E-state index < -0.39 is 21.8 Å². The van der Waals surface area contributed by atoms with Gasteiger partial charge in [-0.3, -0.25) is 9.82 Å². The third-order valence-corrected chi connectivity index (χ3v) is 6.58. The molecule has 27 heavy (non-hydrogen) atoms. The number of anilines is 1. The molecule has 1 aromatic carbocycles. The first-order valence-electron chi connectivity index (χ1n) is 7.81. The maximum Gasteiger partial charge on any atom is 0.416 e. The summed E-state index contributed by atoms with van der Waals surface area (Å²) in [5.74, 6) is 0. The number of H-pyrrole nitrogens is 1. The van der Waals surface area contributed by atoms with Gasteiger partial charge in [-0.15, -0.1) is 11.3 Å². The van der Waals surface area contributed by atoms with Crippen LogP contribution in [0, 0.1) is 20.8 Å². The van der Waals surface area contributed by atoms with Gasteiger partial charge in [0.2, 0.25) is 0 Å². The van der Waals surface area contributed by atoms with Gasteiger partial charge in [0, 0.05) is 26.7 Å². The van der Waals surface area contributed by atoms with E-state index in [0.29, 0.717) is 16.1 Å². The maximum atomic E-state index is 13.0. The van der Waals surface area contributed by atoms with Gasteiger partial charge in [0.05, 0.1) is 11.3 Å². The number of nitrogens with one attached hydrogen (secondary N) is 2. The third-order valence-electron chi connectivity index (χ3n) is 3.88. The zero-order chi connectivity index (χ0) is 20.0. The van der Waals surface area contributed by atoms with E-state index in [1.54, 1.807) is 26.8 Å². The summed E-state index contributed by atoms with van der Waals surface area (Å²) in [6.45, 7) is 5.22. The number of nitrogens with zero attached hydrogens (tertiary/aromatic N) is 1. The Balaban J connectivity index is 2.07. The summed E-state index contributed by atoms with van der Waals surface area (Å²) >= 11 is 1.29. The molecule has 10 heteroatoms. The molecular formula is C17H16F3N3O2S2. The number of sulfonamides is 1. The van der Waals surface area contributed by atoms with Gasteiger partial charge >= 0.3 is 6.18 Å². The average molecular weight is 415 g/mol. The Morgan fingerprint density at radius 1 is 1.11 bits per heavy atom. The molecule has 3 aromatic rings. The van der Waals surface area contributed by atoms with Crippen molar-refractivity contribution in [2.75, 3.05) is 4.72 Å². The molecule has 2 aromatic heterocycles. The summed E-state index contributed by atoms with van der Waals surface area (Å²) in [4.78, 5) is 1.31. The molecule has 0 aliphatic rings. The second kappa shape index (κ2) is 6.68. The van der Waals surface area contributed by atoms with Crippen molar-refractivity contribution < 1.29 is 21.6 Å². The van der Waals surface area contributed by atoms with Crippen LogP contribution in [0.1, 0.15) is 21.0 Å². The minimum absolute atomic E-state index is 0.0221. The van der Waals surface area contributed by atoms with Crippen molar-refractivity contribution >= 4 is 27.0 Å². The van der Waals surface area contributed by atoms with Crippen molar-refractivity contribution in [3.8, 4) is 11.3 Å². The molecule has 0 bridgehead atoms. The van der Waals surface area contributed by atoms with E-state index in [1.165, 1.54) is 17.4 Å². The first kappa shape index (κ1) is 19.4. The molecule has 2 N–H and O–H groups in total. The monoisotopic (exact) mass is 415 g/mol. The molecule has 0 amide bonds. The second-order valence-electron chi connectivity index (χ2n) is 6.04. The Kier molecular flexibility index (Phi) is 4.81. The van der Waals surface area contributed by atoms with Crippen LogP contribution in [-0.2, 0) is 16.2 Å². The predicted octanol–water partition coefficient (Wildman–Crippen LogP) is 4.88. The molecule has 5 nitrogen and oxygen atoms in total. The van der Waals surface area contributed by atoms with Gasteiger partial charge < -0.3 is 0 Å². The standard InChI is InChI=1S/C17H16F3N3O2S2/c1-9-7-14(22-21-9)15-10(2)26-11(3)16(15)27(24,25)23-13-6-4-5-12(8-13)17(18,19)20/h4-8,23H,1-3H3,(H,21,22). The summed E-state index contributed by atoms with van der Waals surface area (Å²) in [6.07, 6.45) is -4.56. The van der Waals surface area contributed by atoms with Crippen molar-refractivity contribution in [3.63, 3.8) is 0 Å². The van der Waals surface area contributed by atoms with E-state index in [-0.39, 0.29) is 10.6 Å². The van der Waals surface area contributed by atoms with Gasteiger partial charge in [0.25, 0.3) is 10.0 Å². The highest BCUT2D eigenvalue weighted by atomic mass is 32.2. The molecule has 0 unspecified atom stereocenters. The number of hydrogen-bond donors (Lipinski definition) is 2. The Bertz CT molecular complexity index is 1100. The van der Waals surface area contributed by atoms with Crippen LogP contribution >= 0.6 is 11.3 Å². The lowest BCUT2D eigenvalue weighted by Crippen LogP contribution is -2.15. The predicted molar refractivity (Wildman–Crippen MR) is 98.4 cm³/mol. The van der Waals surface area contributed by atoms with Gasteiger partial charge in [0.1, 0.15) is 4.90 Å². The number of aromatic nitrogens is 2. The normalized spacial score (nSPS) is 12.4. The summed E-state index contributed by atoms with van der Waals surface area (Å²) in [7, 11) is -4.12. The van der Waals surface area contributed by atoms with Gasteiger partial charge in [-0.1, -0.05) is 6.07 Å². The van der Waals surface area contributed by atoms with Crippen LogP contribution in [0.4, 0.5) is 18.9 Å². The lowest BCUT2D eigenvalue weighted by Gasteiger charge is -2.12. The fourth-order valence-corrected chi connectivity index (χ4v) is 5.72. The molecule has 0 radical (unpaired) electrons. The maximum absolute atomic E-state index is 13.0. The third kappa shape index (κ3) is 3.86. The molecular weight excluding hydrogens is 399 g/mol. The van der Waals surface area contributed by atoms with Crippen LogP contribution in [-0.4, -0.2) is 18.6 Å². The van der Waals surface area contributed by atoms with Gasteiger partial charge in [-0.05, 0) is 45.0 Å². The Morgan fingerprint density at radius 2 is 1.81 bits per heavy atom. The van der Waals surface area contributed by atoms with Crippen molar-refractivity contribution in [1.82, 2.24) is 10.2 Å². The fourth-order valence-electron chi connectivity index (χ4n) is 2.79. The molecule has 0 fully saturated rings. The van der Waals surface area contributed by atoms with Crippen LogP contribution < -0.4 is 4.72 Å². The number of rotatable bonds is 4. The first-order chi connectivity index (χ1) is 12.5. The van der Waals surface area contributed by atoms with Crippen molar-refractivity contribution in [1.29, 1.82) is 0 Å². The molecule has 144 valence electrons. The summed E-state index contributed by atoms with van der Waals surface area (Å²) in [5.41, 5.74) is 0.601. The minimum atomic E-state index is -4.56. The molecule has 0 saturated heterocycles. The highest BCUT2D eigenvalue weighted by Crippen LogP contribution is 2.39. The largest absolute Gasteiger partial charge is 0.416 e. The molecule has 0 atom stereocenters. The topological polar surface area (TPSA) is 74.8 Å². The van der Waals surface area contributed by atoms with Gasteiger partial charge in [-0.2, -0.15) is 18.3 Å². The highest BCUT2D eigenvalue weighted by molar-refractivity contribution is 7.93. The van der Waals surface area contributed by atoms with Crippen LogP contribution in [0.25, 0.3) is 11.3 Å². The number of hydrogen-bond acceptors (Lipinski definition) is 4. The highest BCUT2D eigenvalue weighted by Gasteiger charge is 2.32. The molecule has 0 saturated carbocycles. The summed E-state index contributed by atoms with van der Waals surface area (Å²) in [5, 5.41) is 6.90. The molecule has 0 aliphatic carbocycles. The quantitative estimate of drug-likeness (QED) is 0.638. The Hall–Kier alpha value is -2.33. The number of halogens is 3. The second-order valence-corrected chi connectivity index (χ2v) is 9.09. The number of aryl methyl sites for hydroxylation is 3.